The molecule has 1 fully saturated rings. The number of unbranched alkanes of at least 4 members (excludes halogenated alkanes) is 2. The van der Waals surface area contributed by atoms with E-state index >= 15 is 0 Å². The molecule has 1 unspecified atom stereocenters. The van der Waals surface area contributed by atoms with Crippen molar-refractivity contribution in [2.75, 3.05) is 0 Å². The van der Waals surface area contributed by atoms with Crippen LogP contribution in [0.4, 0.5) is 0 Å². The van der Waals surface area contributed by atoms with E-state index in [0.717, 1.165) is 17.8 Å². The van der Waals surface area contributed by atoms with Crippen LogP contribution in [0.2, 0.25) is 0 Å². The molecule has 0 aliphatic heterocycles. The molecular formula is C28H35Br3. The molecule has 2 aromatic rings. The van der Waals surface area contributed by atoms with Gasteiger partial charge in [0.2, 0.25) is 0 Å². The lowest BCUT2D eigenvalue weighted by Crippen LogP contribution is -2.44. The van der Waals surface area contributed by atoms with Crippen LogP contribution >= 0.6 is 47.8 Å². The third-order valence-electron chi connectivity index (χ3n) is 8.10. The molecule has 31 heavy (non-hydrogen) atoms. The first-order valence-corrected chi connectivity index (χ1v) is 14.5. The molecule has 2 aromatic carbocycles. The van der Waals surface area contributed by atoms with E-state index in [1.807, 2.05) is 0 Å². The summed E-state index contributed by atoms with van der Waals surface area (Å²) in [5.74, 6) is 2.98. The van der Waals surface area contributed by atoms with Gasteiger partial charge in [0, 0.05) is 24.4 Å². The fourth-order valence-electron chi connectivity index (χ4n) is 6.72. The molecule has 0 aromatic heterocycles. The van der Waals surface area contributed by atoms with E-state index in [-0.39, 0.29) is 5.41 Å². The average molecular weight is 611 g/mol. The summed E-state index contributed by atoms with van der Waals surface area (Å²) in [6.45, 7) is 9.73. The molecule has 3 heteroatoms. The van der Waals surface area contributed by atoms with Crippen molar-refractivity contribution >= 4 is 47.8 Å². The van der Waals surface area contributed by atoms with E-state index in [2.05, 4.69) is 106 Å². The maximum atomic E-state index is 3.96. The molecular weight excluding hydrogens is 576 g/mol. The quantitative estimate of drug-likeness (QED) is 0.285. The number of benzene rings is 2. The summed E-state index contributed by atoms with van der Waals surface area (Å²) >= 11 is 11.6. The average Bonchev–Trinajstić information content (AvgIpc) is 2.98. The molecule has 0 amide bonds. The molecule has 0 N–H and O–H groups in total. The zero-order valence-corrected chi connectivity index (χ0v) is 24.0. The van der Waals surface area contributed by atoms with E-state index in [1.54, 1.807) is 11.1 Å². The fourth-order valence-corrected chi connectivity index (χ4v) is 8.52. The highest BCUT2D eigenvalue weighted by Crippen LogP contribution is 2.62. The van der Waals surface area contributed by atoms with Crippen LogP contribution in [0.5, 0.6) is 0 Å². The summed E-state index contributed by atoms with van der Waals surface area (Å²) in [6.07, 6.45) is 9.21. The number of rotatable bonds is 6. The second-order valence-electron chi connectivity index (χ2n) is 10.4. The van der Waals surface area contributed by atoms with Gasteiger partial charge in [-0.1, -0.05) is 107 Å². The Balaban J connectivity index is 2.02. The van der Waals surface area contributed by atoms with Gasteiger partial charge in [-0.2, -0.15) is 0 Å². The zero-order chi connectivity index (χ0) is 22.3. The van der Waals surface area contributed by atoms with Gasteiger partial charge in [-0.05, 0) is 83.9 Å². The normalized spacial score (nSPS) is 27.4. The smallest absolute Gasteiger partial charge is 0.0268 e. The van der Waals surface area contributed by atoms with E-state index in [1.165, 1.54) is 69.5 Å². The van der Waals surface area contributed by atoms with Gasteiger partial charge in [0.15, 0.2) is 0 Å². The lowest BCUT2D eigenvalue weighted by molar-refractivity contribution is 0.0826. The predicted octanol–water partition coefficient (Wildman–Crippen LogP) is 10.5. The molecule has 0 saturated heterocycles. The molecule has 0 bridgehead atoms. The Kier molecular flexibility index (Phi) is 7.46. The summed E-state index contributed by atoms with van der Waals surface area (Å²) in [5, 5.41) is 0. The van der Waals surface area contributed by atoms with Crippen molar-refractivity contribution in [3.63, 3.8) is 0 Å². The maximum absolute atomic E-state index is 3.96. The van der Waals surface area contributed by atoms with E-state index in [4.69, 9.17) is 0 Å². The summed E-state index contributed by atoms with van der Waals surface area (Å²) in [6, 6.07) is 11.7. The van der Waals surface area contributed by atoms with E-state index < -0.39 is 0 Å². The van der Waals surface area contributed by atoms with Gasteiger partial charge in [0.05, 0.1) is 0 Å². The second-order valence-corrected chi connectivity index (χ2v) is 13.0. The minimum atomic E-state index is 0.0968. The SMILES string of the molecule is CCCCCC1([C@@H]2C[C@@H](C)CC[C@@H]2C(C)C)c2cc(Br)ccc2-c2c(Br)cc(Br)cc21. The molecule has 168 valence electrons. The third-order valence-corrected chi connectivity index (χ3v) is 9.67. The first-order chi connectivity index (χ1) is 14.8. The van der Waals surface area contributed by atoms with Crippen molar-refractivity contribution in [1.29, 1.82) is 0 Å². The maximum Gasteiger partial charge on any atom is 0.0268 e. The standard InChI is InChI=1S/C28H35Br3/c1-5-6-7-12-28(23-13-18(4)8-10-21(23)17(2)3)24-14-19(29)9-11-22(24)27-25(28)15-20(30)16-26(27)31/h9,11,14-18,21,23H,5-8,10,12-13H2,1-4H3/t18-,21+,23+,28?/m0/s1. The van der Waals surface area contributed by atoms with Crippen LogP contribution in [0.1, 0.15) is 83.8 Å². The molecule has 0 radical (unpaired) electrons. The molecule has 1 saturated carbocycles. The minimum absolute atomic E-state index is 0.0968. The number of hydrogen-bond acceptors (Lipinski definition) is 0. The van der Waals surface area contributed by atoms with Crippen LogP contribution in [0.25, 0.3) is 11.1 Å². The van der Waals surface area contributed by atoms with Gasteiger partial charge in [-0.25, -0.2) is 0 Å². The third kappa shape index (κ3) is 4.26. The van der Waals surface area contributed by atoms with E-state index in [9.17, 15) is 0 Å². The number of hydrogen-bond donors (Lipinski definition) is 0. The van der Waals surface area contributed by atoms with Gasteiger partial charge >= 0.3 is 0 Å². The highest BCUT2D eigenvalue weighted by Gasteiger charge is 2.52. The number of fused-ring (bicyclic) bond motifs is 3. The Morgan fingerprint density at radius 2 is 1.71 bits per heavy atom. The summed E-state index contributed by atoms with van der Waals surface area (Å²) in [4.78, 5) is 0. The van der Waals surface area contributed by atoms with Crippen LogP contribution < -0.4 is 0 Å². The topological polar surface area (TPSA) is 0 Å². The summed E-state index contributed by atoms with van der Waals surface area (Å²) in [5.41, 5.74) is 6.09. The van der Waals surface area contributed by atoms with Crippen molar-refractivity contribution in [2.24, 2.45) is 23.7 Å². The second kappa shape index (κ2) is 9.63. The van der Waals surface area contributed by atoms with Crippen LogP contribution in [-0.4, -0.2) is 0 Å². The van der Waals surface area contributed by atoms with E-state index in [0.29, 0.717) is 5.92 Å². The van der Waals surface area contributed by atoms with Crippen molar-refractivity contribution in [2.45, 2.75) is 78.1 Å². The first kappa shape index (κ1) is 24.0. The Bertz CT molecular complexity index is 948. The molecule has 2 aliphatic carbocycles. The van der Waals surface area contributed by atoms with Gasteiger partial charge in [0.1, 0.15) is 0 Å². The monoisotopic (exact) mass is 608 g/mol. The van der Waals surface area contributed by atoms with Crippen LogP contribution in [0.3, 0.4) is 0 Å². The Morgan fingerprint density at radius 1 is 0.968 bits per heavy atom. The zero-order valence-electron chi connectivity index (χ0n) is 19.3. The highest BCUT2D eigenvalue weighted by molar-refractivity contribution is 9.11. The molecule has 4 rings (SSSR count). The Labute approximate surface area is 214 Å². The van der Waals surface area contributed by atoms with Crippen molar-refractivity contribution in [3.05, 3.63) is 54.9 Å². The Hall–Kier alpha value is -0.120. The van der Waals surface area contributed by atoms with Crippen molar-refractivity contribution < 1.29 is 0 Å². The number of halogens is 3. The van der Waals surface area contributed by atoms with Gasteiger partial charge in [0.25, 0.3) is 0 Å². The molecule has 0 nitrogen and oxygen atoms in total. The molecule has 2 aliphatic rings. The molecule has 4 atom stereocenters. The summed E-state index contributed by atoms with van der Waals surface area (Å²) in [7, 11) is 0. The minimum Gasteiger partial charge on any atom is -0.0654 e. The van der Waals surface area contributed by atoms with Gasteiger partial charge in [-0.15, -0.1) is 0 Å². The largest absolute Gasteiger partial charge is 0.0654 e. The van der Waals surface area contributed by atoms with Gasteiger partial charge in [-0.3, -0.25) is 0 Å². The van der Waals surface area contributed by atoms with Crippen molar-refractivity contribution in [1.82, 2.24) is 0 Å². The molecule has 0 heterocycles. The fraction of sp³-hybridized carbons (Fsp3) is 0.571. The Morgan fingerprint density at radius 3 is 2.42 bits per heavy atom. The van der Waals surface area contributed by atoms with Crippen molar-refractivity contribution in [3.8, 4) is 11.1 Å². The lowest BCUT2D eigenvalue weighted by Gasteiger charge is -2.49. The molecule has 0 spiro atoms. The highest BCUT2D eigenvalue weighted by atomic mass is 79.9. The first-order valence-electron chi connectivity index (χ1n) is 12.1. The van der Waals surface area contributed by atoms with Gasteiger partial charge < -0.3 is 0 Å². The lowest BCUT2D eigenvalue weighted by atomic mass is 9.54. The van der Waals surface area contributed by atoms with Crippen LogP contribution in [-0.2, 0) is 5.41 Å². The van der Waals surface area contributed by atoms with Crippen LogP contribution in [0.15, 0.2) is 43.7 Å². The van der Waals surface area contributed by atoms with Crippen LogP contribution in [0, 0.1) is 23.7 Å². The predicted molar refractivity (Wildman–Crippen MR) is 145 cm³/mol. The summed E-state index contributed by atoms with van der Waals surface area (Å²) < 4.78 is 3.62.